The number of benzene rings is 2. The average Bonchev–Trinajstić information content (AvgIpc) is 2.46. The van der Waals surface area contributed by atoms with E-state index in [1.165, 1.54) is 12.1 Å². The van der Waals surface area contributed by atoms with Gasteiger partial charge in [0.2, 0.25) is 0 Å². The topological polar surface area (TPSA) is 12.0 Å². The molecule has 2 aromatic rings. The van der Waals surface area contributed by atoms with E-state index in [-0.39, 0.29) is 11.7 Å². The Morgan fingerprint density at radius 1 is 1.14 bits per heavy atom. The first-order valence-electron chi connectivity index (χ1n) is 6.71. The van der Waals surface area contributed by atoms with Crippen molar-refractivity contribution in [3.63, 3.8) is 0 Å². The van der Waals surface area contributed by atoms with E-state index in [0.29, 0.717) is 11.4 Å². The number of hydrogen-bond donors (Lipinski definition) is 1. The van der Waals surface area contributed by atoms with Gasteiger partial charge in [0.25, 0.3) is 0 Å². The van der Waals surface area contributed by atoms with Crippen molar-refractivity contribution in [3.05, 3.63) is 77.3 Å². The molecule has 2 rings (SSSR count). The zero-order valence-electron chi connectivity index (χ0n) is 11.7. The third-order valence-corrected chi connectivity index (χ3v) is 3.45. The standard InChI is InChI=1S/C17H15ClF3N/c1-2-6-15(12-7-5-8-13(18)11-12)22-16-10-4-3-9-14(16)17(19,20)21/h2-5,7-11,15,22H,1,6H2. The third kappa shape index (κ3) is 4.04. The molecule has 0 radical (unpaired) electrons. The fourth-order valence-electron chi connectivity index (χ4n) is 2.21. The zero-order valence-corrected chi connectivity index (χ0v) is 12.5. The van der Waals surface area contributed by atoms with Gasteiger partial charge in [-0.2, -0.15) is 13.2 Å². The van der Waals surface area contributed by atoms with E-state index in [1.807, 2.05) is 6.07 Å². The number of halogens is 4. The number of anilines is 1. The van der Waals surface area contributed by atoms with Crippen molar-refractivity contribution in [1.82, 2.24) is 0 Å². The first-order valence-corrected chi connectivity index (χ1v) is 7.08. The number of para-hydroxylation sites is 1. The summed E-state index contributed by atoms with van der Waals surface area (Å²) in [6, 6.07) is 12.1. The van der Waals surface area contributed by atoms with Crippen LogP contribution in [-0.2, 0) is 6.18 Å². The van der Waals surface area contributed by atoms with Crippen LogP contribution in [0.15, 0.2) is 61.2 Å². The lowest BCUT2D eigenvalue weighted by atomic mass is 10.0. The molecule has 22 heavy (non-hydrogen) atoms. The first kappa shape index (κ1) is 16.4. The predicted octanol–water partition coefficient (Wildman–Crippen LogP) is 6.09. The van der Waals surface area contributed by atoms with E-state index < -0.39 is 11.7 Å². The number of hydrogen-bond acceptors (Lipinski definition) is 1. The van der Waals surface area contributed by atoms with Crippen LogP contribution in [0.1, 0.15) is 23.6 Å². The first-order chi connectivity index (χ1) is 10.4. The highest BCUT2D eigenvalue weighted by molar-refractivity contribution is 6.30. The Morgan fingerprint density at radius 2 is 1.86 bits per heavy atom. The van der Waals surface area contributed by atoms with Crippen LogP contribution in [0.25, 0.3) is 0 Å². The summed E-state index contributed by atoms with van der Waals surface area (Å²) in [5, 5.41) is 3.49. The van der Waals surface area contributed by atoms with Crippen LogP contribution in [0.3, 0.4) is 0 Å². The third-order valence-electron chi connectivity index (χ3n) is 3.22. The number of rotatable bonds is 5. The Morgan fingerprint density at radius 3 is 2.50 bits per heavy atom. The average molecular weight is 326 g/mol. The molecular weight excluding hydrogens is 311 g/mol. The second-order valence-corrected chi connectivity index (χ2v) is 5.26. The summed E-state index contributed by atoms with van der Waals surface area (Å²) in [7, 11) is 0. The Hall–Kier alpha value is -1.94. The summed E-state index contributed by atoms with van der Waals surface area (Å²) in [5.74, 6) is 0. The summed E-state index contributed by atoms with van der Waals surface area (Å²) in [4.78, 5) is 0. The van der Waals surface area contributed by atoms with E-state index in [4.69, 9.17) is 11.6 Å². The maximum atomic E-state index is 13.1. The molecule has 0 spiro atoms. The van der Waals surface area contributed by atoms with Crippen molar-refractivity contribution in [2.75, 3.05) is 5.32 Å². The zero-order chi connectivity index (χ0) is 16.2. The molecule has 0 aliphatic heterocycles. The summed E-state index contributed by atoms with van der Waals surface area (Å²) in [5.41, 5.74) is 0.164. The molecule has 5 heteroatoms. The smallest absolute Gasteiger partial charge is 0.377 e. The van der Waals surface area contributed by atoms with Gasteiger partial charge in [0.05, 0.1) is 11.6 Å². The molecule has 0 heterocycles. The van der Waals surface area contributed by atoms with Crippen LogP contribution in [0.4, 0.5) is 18.9 Å². The molecule has 1 atom stereocenters. The van der Waals surface area contributed by atoms with Crippen molar-refractivity contribution in [2.24, 2.45) is 0 Å². The maximum Gasteiger partial charge on any atom is 0.418 e. The molecule has 0 fully saturated rings. The van der Waals surface area contributed by atoms with Gasteiger partial charge >= 0.3 is 6.18 Å². The van der Waals surface area contributed by atoms with Crippen LogP contribution in [0.2, 0.25) is 5.02 Å². The molecule has 0 aliphatic carbocycles. The fraction of sp³-hybridized carbons (Fsp3) is 0.176. The highest BCUT2D eigenvalue weighted by Crippen LogP contribution is 2.36. The summed E-state index contributed by atoms with van der Waals surface area (Å²) in [6.07, 6.45) is -2.27. The van der Waals surface area contributed by atoms with E-state index in [1.54, 1.807) is 30.3 Å². The Balaban J connectivity index is 2.35. The van der Waals surface area contributed by atoms with E-state index >= 15 is 0 Å². The molecule has 0 amide bonds. The van der Waals surface area contributed by atoms with Gasteiger partial charge in [0.15, 0.2) is 0 Å². The van der Waals surface area contributed by atoms with Crippen molar-refractivity contribution >= 4 is 17.3 Å². The maximum absolute atomic E-state index is 13.1. The molecule has 0 aliphatic rings. The number of nitrogens with one attached hydrogen (secondary N) is 1. The van der Waals surface area contributed by atoms with Crippen LogP contribution in [0.5, 0.6) is 0 Å². The molecule has 1 nitrogen and oxygen atoms in total. The van der Waals surface area contributed by atoms with Crippen LogP contribution in [-0.4, -0.2) is 0 Å². The molecule has 2 aromatic carbocycles. The summed E-state index contributed by atoms with van der Waals surface area (Å²) in [6.45, 7) is 3.67. The SMILES string of the molecule is C=CCC(Nc1ccccc1C(F)(F)F)c1cccc(Cl)c1. The monoisotopic (exact) mass is 325 g/mol. The van der Waals surface area contributed by atoms with E-state index in [2.05, 4.69) is 11.9 Å². The minimum absolute atomic E-state index is 0.0434. The fourth-order valence-corrected chi connectivity index (χ4v) is 2.41. The van der Waals surface area contributed by atoms with Gasteiger partial charge in [0.1, 0.15) is 0 Å². The van der Waals surface area contributed by atoms with Gasteiger partial charge in [-0.15, -0.1) is 6.58 Å². The predicted molar refractivity (Wildman–Crippen MR) is 84.1 cm³/mol. The van der Waals surface area contributed by atoms with Crippen LogP contribution >= 0.6 is 11.6 Å². The van der Waals surface area contributed by atoms with E-state index in [0.717, 1.165) is 11.6 Å². The van der Waals surface area contributed by atoms with Gasteiger partial charge in [-0.3, -0.25) is 0 Å². The lowest BCUT2D eigenvalue weighted by Crippen LogP contribution is -2.15. The Kier molecular flexibility index (Phi) is 5.14. The minimum Gasteiger partial charge on any atom is -0.377 e. The normalized spacial score (nSPS) is 12.7. The number of alkyl halides is 3. The second kappa shape index (κ2) is 6.88. The highest BCUT2D eigenvalue weighted by Gasteiger charge is 2.33. The molecule has 1 unspecified atom stereocenters. The van der Waals surface area contributed by atoms with E-state index in [9.17, 15) is 13.2 Å². The molecule has 0 saturated carbocycles. The molecule has 0 aromatic heterocycles. The van der Waals surface area contributed by atoms with Crippen molar-refractivity contribution < 1.29 is 13.2 Å². The van der Waals surface area contributed by atoms with Gasteiger partial charge in [0, 0.05) is 10.7 Å². The molecule has 0 bridgehead atoms. The van der Waals surface area contributed by atoms with Gasteiger partial charge in [-0.25, -0.2) is 0 Å². The van der Waals surface area contributed by atoms with Crippen molar-refractivity contribution in [3.8, 4) is 0 Å². The summed E-state index contributed by atoms with van der Waals surface area (Å²) >= 11 is 5.96. The molecule has 1 N–H and O–H groups in total. The molecular formula is C17H15ClF3N. The Labute approximate surface area is 132 Å². The molecule has 116 valence electrons. The largest absolute Gasteiger partial charge is 0.418 e. The van der Waals surface area contributed by atoms with Crippen LogP contribution < -0.4 is 5.32 Å². The molecule has 0 saturated heterocycles. The Bertz CT molecular complexity index is 652. The van der Waals surface area contributed by atoms with Gasteiger partial charge in [-0.05, 0) is 36.2 Å². The minimum atomic E-state index is -4.41. The second-order valence-electron chi connectivity index (χ2n) is 4.82. The van der Waals surface area contributed by atoms with Crippen molar-refractivity contribution in [2.45, 2.75) is 18.6 Å². The lowest BCUT2D eigenvalue weighted by Gasteiger charge is -2.22. The van der Waals surface area contributed by atoms with Crippen molar-refractivity contribution in [1.29, 1.82) is 0 Å². The quantitative estimate of drug-likeness (QED) is 0.656. The van der Waals surface area contributed by atoms with Gasteiger partial charge in [-0.1, -0.05) is 41.9 Å². The summed E-state index contributed by atoms with van der Waals surface area (Å²) < 4.78 is 39.2. The van der Waals surface area contributed by atoms with Gasteiger partial charge < -0.3 is 5.32 Å². The highest BCUT2D eigenvalue weighted by atomic mass is 35.5. The lowest BCUT2D eigenvalue weighted by molar-refractivity contribution is -0.137. The van der Waals surface area contributed by atoms with Crippen LogP contribution in [0, 0.1) is 0 Å².